The average molecular weight is 326 g/mol. The Hall–Kier alpha value is -2.56. The molecule has 0 unspecified atom stereocenters. The largest absolute Gasteiger partial charge is 0.467 e. The molecule has 1 heterocycles. The highest BCUT2D eigenvalue weighted by atomic mass is 16.3. The highest BCUT2D eigenvalue weighted by molar-refractivity contribution is 6.14. The number of nitrogens with one attached hydrogen (secondary N) is 1. The molecule has 1 aliphatic rings. The van der Waals surface area contributed by atoms with Gasteiger partial charge in [-0.25, -0.2) is 0 Å². The number of aryl methyl sites for hydroxylation is 1. The normalized spacial score (nSPS) is 14.9. The molecule has 0 atom stereocenters. The van der Waals surface area contributed by atoms with Crippen molar-refractivity contribution in [3.05, 3.63) is 54.0 Å². The van der Waals surface area contributed by atoms with Crippen LogP contribution in [-0.2, 0) is 16.1 Å². The molecule has 1 N–H and O–H groups in total. The van der Waals surface area contributed by atoms with E-state index in [-0.39, 0.29) is 11.8 Å². The standard InChI is InChI=1S/C19H22N2O3/c1-3-21(15-7-4-6-14(2)12-15)18(23)19(9-10-19)17(22)20-13-16-8-5-11-24-16/h4-8,11-12H,3,9-10,13H2,1-2H3,(H,20,22). The van der Waals surface area contributed by atoms with E-state index in [1.165, 1.54) is 0 Å². The van der Waals surface area contributed by atoms with Gasteiger partial charge in [0.05, 0.1) is 12.8 Å². The number of amides is 2. The van der Waals surface area contributed by atoms with Crippen LogP contribution in [0.4, 0.5) is 5.69 Å². The summed E-state index contributed by atoms with van der Waals surface area (Å²) in [6, 6.07) is 11.4. The fraction of sp³-hybridized carbons (Fsp3) is 0.368. The summed E-state index contributed by atoms with van der Waals surface area (Å²) < 4.78 is 5.22. The Labute approximate surface area is 141 Å². The van der Waals surface area contributed by atoms with Gasteiger partial charge in [0.25, 0.3) is 0 Å². The fourth-order valence-electron chi connectivity index (χ4n) is 2.91. The summed E-state index contributed by atoms with van der Waals surface area (Å²) in [6.45, 7) is 4.76. The number of hydrogen-bond acceptors (Lipinski definition) is 3. The van der Waals surface area contributed by atoms with Crippen LogP contribution in [0.2, 0.25) is 0 Å². The van der Waals surface area contributed by atoms with Gasteiger partial charge < -0.3 is 14.6 Å². The van der Waals surface area contributed by atoms with Crippen LogP contribution >= 0.6 is 0 Å². The number of carbonyl (C=O) groups excluding carboxylic acids is 2. The molecule has 0 aliphatic heterocycles. The molecule has 1 saturated carbocycles. The Morgan fingerprint density at radius 2 is 2.04 bits per heavy atom. The van der Waals surface area contributed by atoms with Gasteiger partial charge in [-0.2, -0.15) is 0 Å². The molecule has 3 rings (SSSR count). The van der Waals surface area contributed by atoms with Crippen LogP contribution in [0.3, 0.4) is 0 Å². The summed E-state index contributed by atoms with van der Waals surface area (Å²) in [5.74, 6) is 0.347. The van der Waals surface area contributed by atoms with Gasteiger partial charge >= 0.3 is 0 Å². The minimum atomic E-state index is -0.924. The minimum Gasteiger partial charge on any atom is -0.467 e. The number of anilines is 1. The van der Waals surface area contributed by atoms with Crippen molar-refractivity contribution in [3.8, 4) is 0 Å². The maximum Gasteiger partial charge on any atom is 0.242 e. The molecule has 0 radical (unpaired) electrons. The molecule has 126 valence electrons. The Morgan fingerprint density at radius 3 is 2.62 bits per heavy atom. The zero-order chi connectivity index (χ0) is 17.2. The molecule has 5 heteroatoms. The first kappa shape index (κ1) is 16.3. The lowest BCUT2D eigenvalue weighted by Gasteiger charge is -2.26. The molecule has 2 amide bonds. The van der Waals surface area contributed by atoms with Gasteiger partial charge in [-0.15, -0.1) is 0 Å². The Balaban J connectivity index is 1.73. The van der Waals surface area contributed by atoms with E-state index in [4.69, 9.17) is 4.42 Å². The second-order valence-electron chi connectivity index (χ2n) is 6.23. The molecular weight excluding hydrogens is 304 g/mol. The van der Waals surface area contributed by atoms with Gasteiger partial charge in [0.2, 0.25) is 11.8 Å². The van der Waals surface area contributed by atoms with Crippen LogP contribution in [0.5, 0.6) is 0 Å². The van der Waals surface area contributed by atoms with Crippen molar-refractivity contribution < 1.29 is 14.0 Å². The molecule has 0 saturated heterocycles. The smallest absolute Gasteiger partial charge is 0.242 e. The van der Waals surface area contributed by atoms with Gasteiger partial charge in [-0.05, 0) is 56.5 Å². The van der Waals surface area contributed by atoms with Crippen LogP contribution in [-0.4, -0.2) is 18.4 Å². The fourth-order valence-corrected chi connectivity index (χ4v) is 2.91. The SMILES string of the molecule is CCN(C(=O)C1(C(=O)NCc2ccco2)CC1)c1cccc(C)c1. The van der Waals surface area contributed by atoms with Gasteiger partial charge in [0, 0.05) is 12.2 Å². The number of hydrogen-bond donors (Lipinski definition) is 1. The van der Waals surface area contributed by atoms with Crippen LogP contribution in [0.1, 0.15) is 31.1 Å². The molecule has 24 heavy (non-hydrogen) atoms. The summed E-state index contributed by atoms with van der Waals surface area (Å²) in [4.78, 5) is 27.3. The van der Waals surface area contributed by atoms with Crippen molar-refractivity contribution >= 4 is 17.5 Å². The number of furan rings is 1. The molecule has 1 aliphatic carbocycles. The second kappa shape index (κ2) is 6.51. The molecular formula is C19H22N2O3. The van der Waals surface area contributed by atoms with Crippen molar-refractivity contribution in [2.45, 2.75) is 33.2 Å². The maximum atomic E-state index is 13.0. The van der Waals surface area contributed by atoms with E-state index < -0.39 is 5.41 Å². The molecule has 2 aromatic rings. The third-order valence-electron chi connectivity index (χ3n) is 4.47. The summed E-state index contributed by atoms with van der Waals surface area (Å²) in [5, 5.41) is 2.83. The first-order chi connectivity index (χ1) is 11.6. The summed E-state index contributed by atoms with van der Waals surface area (Å²) in [5.41, 5.74) is 1.00. The Bertz CT molecular complexity index is 733. The van der Waals surface area contributed by atoms with E-state index in [0.29, 0.717) is 31.7 Å². The number of carbonyl (C=O) groups is 2. The Morgan fingerprint density at radius 1 is 1.25 bits per heavy atom. The zero-order valence-corrected chi connectivity index (χ0v) is 14.0. The first-order valence-electron chi connectivity index (χ1n) is 8.26. The molecule has 1 aromatic carbocycles. The lowest BCUT2D eigenvalue weighted by atomic mass is 10.0. The Kier molecular flexibility index (Phi) is 4.42. The average Bonchev–Trinajstić information content (AvgIpc) is 3.23. The molecule has 1 fully saturated rings. The van der Waals surface area contributed by atoms with Crippen LogP contribution in [0.25, 0.3) is 0 Å². The van der Waals surface area contributed by atoms with Gasteiger partial charge in [-0.3, -0.25) is 9.59 Å². The van der Waals surface area contributed by atoms with Gasteiger partial charge in [0.1, 0.15) is 11.2 Å². The van der Waals surface area contributed by atoms with Crippen molar-refractivity contribution in [2.75, 3.05) is 11.4 Å². The molecule has 0 bridgehead atoms. The summed E-state index contributed by atoms with van der Waals surface area (Å²) in [6.07, 6.45) is 2.76. The quantitative estimate of drug-likeness (QED) is 0.830. The molecule has 1 aromatic heterocycles. The third kappa shape index (κ3) is 3.07. The predicted molar refractivity (Wildman–Crippen MR) is 91.4 cm³/mol. The van der Waals surface area contributed by atoms with E-state index in [0.717, 1.165) is 11.3 Å². The van der Waals surface area contributed by atoms with Gasteiger partial charge in [-0.1, -0.05) is 12.1 Å². The minimum absolute atomic E-state index is 0.118. The third-order valence-corrected chi connectivity index (χ3v) is 4.47. The highest BCUT2D eigenvalue weighted by Gasteiger charge is 2.58. The van der Waals surface area contributed by atoms with E-state index in [1.807, 2.05) is 38.1 Å². The predicted octanol–water partition coefficient (Wildman–Crippen LogP) is 3.04. The van der Waals surface area contributed by atoms with E-state index in [9.17, 15) is 9.59 Å². The first-order valence-corrected chi connectivity index (χ1v) is 8.26. The van der Waals surface area contributed by atoms with Crippen LogP contribution < -0.4 is 10.2 Å². The highest BCUT2D eigenvalue weighted by Crippen LogP contribution is 2.48. The monoisotopic (exact) mass is 326 g/mol. The number of nitrogens with zero attached hydrogens (tertiary/aromatic N) is 1. The number of rotatable bonds is 6. The van der Waals surface area contributed by atoms with Crippen LogP contribution in [0, 0.1) is 12.3 Å². The van der Waals surface area contributed by atoms with Gasteiger partial charge in [0.15, 0.2) is 0 Å². The molecule has 0 spiro atoms. The second-order valence-corrected chi connectivity index (χ2v) is 6.23. The topological polar surface area (TPSA) is 62.6 Å². The van der Waals surface area contributed by atoms with E-state index in [2.05, 4.69) is 5.32 Å². The maximum absolute atomic E-state index is 13.0. The van der Waals surface area contributed by atoms with Crippen LogP contribution in [0.15, 0.2) is 47.1 Å². The lowest BCUT2D eigenvalue weighted by Crippen LogP contribution is -2.45. The summed E-state index contributed by atoms with van der Waals surface area (Å²) in [7, 11) is 0. The zero-order valence-electron chi connectivity index (χ0n) is 14.0. The van der Waals surface area contributed by atoms with Crippen molar-refractivity contribution in [2.24, 2.45) is 5.41 Å². The summed E-state index contributed by atoms with van der Waals surface area (Å²) >= 11 is 0. The lowest BCUT2D eigenvalue weighted by molar-refractivity contribution is -0.135. The van der Waals surface area contributed by atoms with Crippen molar-refractivity contribution in [1.82, 2.24) is 5.32 Å². The van der Waals surface area contributed by atoms with Crippen molar-refractivity contribution in [1.29, 1.82) is 0 Å². The van der Waals surface area contributed by atoms with Crippen molar-refractivity contribution in [3.63, 3.8) is 0 Å². The number of benzene rings is 1. The molecule has 5 nitrogen and oxygen atoms in total. The van der Waals surface area contributed by atoms with E-state index >= 15 is 0 Å². The van der Waals surface area contributed by atoms with E-state index in [1.54, 1.807) is 23.3 Å².